The molecular formula is C19H28N2O3. The fraction of sp³-hybridized carbons (Fsp3) is 0.579. The van der Waals surface area contributed by atoms with Crippen molar-refractivity contribution in [3.8, 4) is 5.75 Å². The molecule has 1 saturated carbocycles. The van der Waals surface area contributed by atoms with E-state index in [0.29, 0.717) is 12.2 Å². The third kappa shape index (κ3) is 5.87. The number of benzene rings is 1. The second-order valence-electron chi connectivity index (χ2n) is 6.36. The highest BCUT2D eigenvalue weighted by Crippen LogP contribution is 2.23. The zero-order valence-electron chi connectivity index (χ0n) is 14.5. The van der Waals surface area contributed by atoms with Crippen LogP contribution in [0.15, 0.2) is 24.3 Å². The van der Waals surface area contributed by atoms with Gasteiger partial charge in [0.2, 0.25) is 5.91 Å². The Morgan fingerprint density at radius 3 is 2.42 bits per heavy atom. The minimum atomic E-state index is -0.309. The number of hydrazine groups is 1. The van der Waals surface area contributed by atoms with Gasteiger partial charge in [-0.2, -0.15) is 0 Å². The van der Waals surface area contributed by atoms with Gasteiger partial charge in [0, 0.05) is 11.5 Å². The first-order valence-electron chi connectivity index (χ1n) is 9.03. The quantitative estimate of drug-likeness (QED) is 0.592. The SMILES string of the molecule is CCCCCOc1ccc(C(=O)NNC(=O)C2CCCCC2)cc1. The molecule has 2 amide bonds. The summed E-state index contributed by atoms with van der Waals surface area (Å²) >= 11 is 0. The lowest BCUT2D eigenvalue weighted by Gasteiger charge is -2.20. The number of ether oxygens (including phenoxy) is 1. The zero-order chi connectivity index (χ0) is 17.2. The summed E-state index contributed by atoms with van der Waals surface area (Å²) in [5, 5.41) is 0. The maximum absolute atomic E-state index is 12.1. The monoisotopic (exact) mass is 332 g/mol. The molecule has 0 radical (unpaired) electrons. The maximum atomic E-state index is 12.1. The lowest BCUT2D eigenvalue weighted by atomic mass is 9.89. The molecule has 0 saturated heterocycles. The molecule has 24 heavy (non-hydrogen) atoms. The van der Waals surface area contributed by atoms with Crippen LogP contribution in [0.25, 0.3) is 0 Å². The minimum Gasteiger partial charge on any atom is -0.494 e. The fourth-order valence-corrected chi connectivity index (χ4v) is 2.90. The standard InChI is InChI=1S/C19H28N2O3/c1-2-3-7-14-24-17-12-10-16(11-13-17)19(23)21-20-18(22)15-8-5-4-6-9-15/h10-13,15H,2-9,14H2,1H3,(H,20,22)(H,21,23). The van der Waals surface area contributed by atoms with Gasteiger partial charge in [-0.05, 0) is 43.5 Å². The number of hydrogen-bond donors (Lipinski definition) is 2. The van der Waals surface area contributed by atoms with Crippen molar-refractivity contribution in [1.82, 2.24) is 10.9 Å². The average molecular weight is 332 g/mol. The molecule has 0 aliphatic heterocycles. The molecular weight excluding hydrogens is 304 g/mol. The van der Waals surface area contributed by atoms with Gasteiger partial charge >= 0.3 is 0 Å². The van der Waals surface area contributed by atoms with Crippen LogP contribution in [0, 0.1) is 5.92 Å². The number of unbranched alkanes of at least 4 members (excludes halogenated alkanes) is 2. The average Bonchev–Trinajstić information content (AvgIpc) is 2.64. The molecule has 1 aliphatic carbocycles. The number of amides is 2. The van der Waals surface area contributed by atoms with Crippen molar-refractivity contribution >= 4 is 11.8 Å². The van der Waals surface area contributed by atoms with E-state index in [1.54, 1.807) is 24.3 Å². The molecule has 0 bridgehead atoms. The topological polar surface area (TPSA) is 67.4 Å². The van der Waals surface area contributed by atoms with Gasteiger partial charge in [-0.25, -0.2) is 0 Å². The molecule has 0 atom stereocenters. The Bertz CT molecular complexity index is 522. The van der Waals surface area contributed by atoms with Gasteiger partial charge in [-0.15, -0.1) is 0 Å². The molecule has 2 N–H and O–H groups in total. The molecule has 0 spiro atoms. The molecule has 5 heteroatoms. The first-order chi connectivity index (χ1) is 11.7. The molecule has 0 heterocycles. The van der Waals surface area contributed by atoms with Crippen LogP contribution >= 0.6 is 0 Å². The van der Waals surface area contributed by atoms with E-state index in [-0.39, 0.29) is 17.7 Å². The largest absolute Gasteiger partial charge is 0.494 e. The Hall–Kier alpha value is -2.04. The van der Waals surface area contributed by atoms with Crippen LogP contribution < -0.4 is 15.6 Å². The van der Waals surface area contributed by atoms with Gasteiger partial charge < -0.3 is 4.74 Å². The first-order valence-corrected chi connectivity index (χ1v) is 9.03. The smallest absolute Gasteiger partial charge is 0.269 e. The Balaban J connectivity index is 1.74. The van der Waals surface area contributed by atoms with Gasteiger partial charge in [0.15, 0.2) is 0 Å². The number of carbonyl (C=O) groups excluding carboxylic acids is 2. The summed E-state index contributed by atoms with van der Waals surface area (Å²) in [5.74, 6) is 0.391. The van der Waals surface area contributed by atoms with E-state index in [0.717, 1.165) is 50.7 Å². The van der Waals surface area contributed by atoms with Crippen LogP contribution in [0.4, 0.5) is 0 Å². The normalized spacial score (nSPS) is 14.9. The third-order valence-corrected chi connectivity index (χ3v) is 4.41. The van der Waals surface area contributed by atoms with Gasteiger partial charge in [-0.3, -0.25) is 20.4 Å². The van der Waals surface area contributed by atoms with E-state index in [1.165, 1.54) is 6.42 Å². The lowest BCUT2D eigenvalue weighted by Crippen LogP contribution is -2.44. The maximum Gasteiger partial charge on any atom is 0.269 e. The van der Waals surface area contributed by atoms with Crippen LogP contribution in [-0.4, -0.2) is 18.4 Å². The summed E-state index contributed by atoms with van der Waals surface area (Å²) in [6.45, 7) is 2.84. The number of carbonyl (C=O) groups is 2. The van der Waals surface area contributed by atoms with Gasteiger partial charge in [0.25, 0.3) is 5.91 Å². The summed E-state index contributed by atoms with van der Waals surface area (Å²) < 4.78 is 5.62. The molecule has 1 aromatic rings. The van der Waals surface area contributed by atoms with E-state index in [9.17, 15) is 9.59 Å². The van der Waals surface area contributed by atoms with Crippen LogP contribution in [0.3, 0.4) is 0 Å². The predicted octanol–water partition coefficient (Wildman–Crippen LogP) is 3.60. The lowest BCUT2D eigenvalue weighted by molar-refractivity contribution is -0.126. The Morgan fingerprint density at radius 1 is 1.04 bits per heavy atom. The van der Waals surface area contributed by atoms with Crippen molar-refractivity contribution in [3.05, 3.63) is 29.8 Å². The highest BCUT2D eigenvalue weighted by atomic mass is 16.5. The summed E-state index contributed by atoms with van der Waals surface area (Å²) in [4.78, 5) is 24.1. The van der Waals surface area contributed by atoms with Crippen molar-refractivity contribution in [2.75, 3.05) is 6.61 Å². The van der Waals surface area contributed by atoms with Crippen molar-refractivity contribution < 1.29 is 14.3 Å². The van der Waals surface area contributed by atoms with E-state index >= 15 is 0 Å². The summed E-state index contributed by atoms with van der Waals surface area (Å²) in [6, 6.07) is 6.97. The molecule has 1 aromatic carbocycles. The number of rotatable bonds is 7. The van der Waals surface area contributed by atoms with Gasteiger partial charge in [0.05, 0.1) is 6.61 Å². The van der Waals surface area contributed by atoms with Crippen molar-refractivity contribution in [2.24, 2.45) is 5.92 Å². The molecule has 1 fully saturated rings. The van der Waals surface area contributed by atoms with Crippen LogP contribution in [0.1, 0.15) is 68.6 Å². The Labute approximate surface area is 144 Å². The first kappa shape index (κ1) is 18.3. The molecule has 1 aliphatic rings. The van der Waals surface area contributed by atoms with E-state index in [4.69, 9.17) is 4.74 Å². The highest BCUT2D eigenvalue weighted by molar-refractivity contribution is 5.95. The number of hydrogen-bond acceptors (Lipinski definition) is 3. The van der Waals surface area contributed by atoms with Crippen LogP contribution in [-0.2, 0) is 4.79 Å². The van der Waals surface area contributed by atoms with E-state index in [1.807, 2.05) is 0 Å². The molecule has 5 nitrogen and oxygen atoms in total. The number of nitrogens with one attached hydrogen (secondary N) is 2. The van der Waals surface area contributed by atoms with E-state index < -0.39 is 0 Å². The van der Waals surface area contributed by atoms with Crippen LogP contribution in [0.5, 0.6) is 5.75 Å². The van der Waals surface area contributed by atoms with Gasteiger partial charge in [-0.1, -0.05) is 39.0 Å². The Morgan fingerprint density at radius 2 is 1.75 bits per heavy atom. The minimum absolute atomic E-state index is 0.0259. The molecule has 2 rings (SSSR count). The second kappa shape index (κ2) is 9.96. The second-order valence-corrected chi connectivity index (χ2v) is 6.36. The van der Waals surface area contributed by atoms with Gasteiger partial charge in [0.1, 0.15) is 5.75 Å². The van der Waals surface area contributed by atoms with E-state index in [2.05, 4.69) is 17.8 Å². The summed E-state index contributed by atoms with van der Waals surface area (Å²) in [7, 11) is 0. The predicted molar refractivity (Wildman–Crippen MR) is 93.6 cm³/mol. The zero-order valence-corrected chi connectivity index (χ0v) is 14.5. The summed E-state index contributed by atoms with van der Waals surface area (Å²) in [5.41, 5.74) is 5.54. The highest BCUT2D eigenvalue weighted by Gasteiger charge is 2.21. The third-order valence-electron chi connectivity index (χ3n) is 4.41. The Kier molecular flexibility index (Phi) is 7.59. The van der Waals surface area contributed by atoms with Crippen molar-refractivity contribution in [1.29, 1.82) is 0 Å². The van der Waals surface area contributed by atoms with Crippen molar-refractivity contribution in [3.63, 3.8) is 0 Å². The fourth-order valence-electron chi connectivity index (χ4n) is 2.90. The van der Waals surface area contributed by atoms with Crippen molar-refractivity contribution in [2.45, 2.75) is 58.3 Å². The summed E-state index contributed by atoms with van der Waals surface area (Å²) in [6.07, 6.45) is 8.54. The molecule has 0 aromatic heterocycles. The molecule has 0 unspecified atom stereocenters. The van der Waals surface area contributed by atoms with Crippen LogP contribution in [0.2, 0.25) is 0 Å². The molecule has 132 valence electrons.